The maximum Gasteiger partial charge on any atom is 0.247 e. The van der Waals surface area contributed by atoms with Crippen molar-refractivity contribution < 1.29 is 14.3 Å². The predicted molar refractivity (Wildman–Crippen MR) is 125 cm³/mol. The summed E-state index contributed by atoms with van der Waals surface area (Å²) in [6, 6.07) is 1.95. The number of β-amino-alcohol motifs (C(OH)–C–C–N with tert-alkyl or cyclic N) is 1. The van der Waals surface area contributed by atoms with Crippen molar-refractivity contribution in [1.29, 1.82) is 0 Å². The molecule has 2 atom stereocenters. The number of carbonyl (C=O) groups is 1. The number of aliphatic hydroxyl groups is 1. The van der Waals surface area contributed by atoms with Crippen molar-refractivity contribution in [3.05, 3.63) is 47.6 Å². The topological polar surface area (TPSA) is 132 Å². The lowest BCUT2D eigenvalue weighted by atomic mass is 10.2. The predicted octanol–water partition coefficient (Wildman–Crippen LogP) is 2.67. The van der Waals surface area contributed by atoms with E-state index in [0.717, 1.165) is 42.2 Å². The summed E-state index contributed by atoms with van der Waals surface area (Å²) >= 11 is 0. The third-order valence-electron chi connectivity index (χ3n) is 6.15. The Morgan fingerprint density at radius 3 is 2.82 bits per heavy atom. The number of nitrogens with zero attached hydrogens (tertiary/aromatic N) is 5. The molecule has 1 aliphatic carbocycles. The Balaban J connectivity index is 1.42. The number of pyridine rings is 1. The lowest BCUT2D eigenvalue weighted by Gasteiger charge is -2.25. The summed E-state index contributed by atoms with van der Waals surface area (Å²) in [6.45, 7) is 4.36. The summed E-state index contributed by atoms with van der Waals surface area (Å²) in [7, 11) is 0. The van der Waals surface area contributed by atoms with E-state index in [1.807, 2.05) is 0 Å². The average molecular weight is 467 g/mol. The molecule has 4 heterocycles. The minimum atomic E-state index is -0.698. The van der Waals surface area contributed by atoms with Crippen LogP contribution in [0.5, 0.6) is 0 Å². The highest BCUT2D eigenvalue weighted by molar-refractivity contribution is 5.97. The van der Waals surface area contributed by atoms with Gasteiger partial charge in [-0.1, -0.05) is 13.8 Å². The molecular formula is C23H27FN8O2. The summed E-state index contributed by atoms with van der Waals surface area (Å²) in [5.41, 5.74) is 2.38. The largest absolute Gasteiger partial charge is 0.391 e. The molecule has 1 saturated heterocycles. The van der Waals surface area contributed by atoms with E-state index in [9.17, 15) is 14.3 Å². The fraction of sp³-hybridized carbons (Fsp3) is 0.435. The van der Waals surface area contributed by atoms with Gasteiger partial charge in [-0.05, 0) is 31.4 Å². The molecule has 10 nitrogen and oxygen atoms in total. The molecule has 0 radical (unpaired) electrons. The third kappa shape index (κ3) is 4.43. The van der Waals surface area contributed by atoms with Gasteiger partial charge in [-0.2, -0.15) is 9.37 Å². The molecule has 34 heavy (non-hydrogen) atoms. The van der Waals surface area contributed by atoms with E-state index in [0.29, 0.717) is 17.5 Å². The highest BCUT2D eigenvalue weighted by Gasteiger charge is 2.38. The Morgan fingerprint density at radius 1 is 1.24 bits per heavy atom. The van der Waals surface area contributed by atoms with Gasteiger partial charge in [-0.15, -0.1) is 0 Å². The van der Waals surface area contributed by atoms with Crippen LogP contribution in [0.2, 0.25) is 0 Å². The highest BCUT2D eigenvalue weighted by atomic mass is 19.1. The zero-order valence-electron chi connectivity index (χ0n) is 19.0. The quantitative estimate of drug-likeness (QED) is 0.408. The normalized spacial score (nSPS) is 19.5. The molecule has 5 rings (SSSR count). The highest BCUT2D eigenvalue weighted by Crippen LogP contribution is 2.33. The lowest BCUT2D eigenvalue weighted by Crippen LogP contribution is -2.40. The maximum atomic E-state index is 13.1. The van der Waals surface area contributed by atoms with Crippen LogP contribution in [0.3, 0.4) is 0 Å². The van der Waals surface area contributed by atoms with Crippen molar-refractivity contribution in [1.82, 2.24) is 24.9 Å². The molecule has 1 fully saturated rings. The van der Waals surface area contributed by atoms with Gasteiger partial charge in [0.05, 0.1) is 29.9 Å². The summed E-state index contributed by atoms with van der Waals surface area (Å²) < 4.78 is 13.1. The fourth-order valence-corrected chi connectivity index (χ4v) is 4.43. The number of hydrogen-bond acceptors (Lipinski definition) is 8. The van der Waals surface area contributed by atoms with E-state index in [2.05, 4.69) is 39.4 Å². The zero-order valence-corrected chi connectivity index (χ0v) is 19.0. The van der Waals surface area contributed by atoms with Crippen molar-refractivity contribution in [2.45, 2.75) is 57.6 Å². The number of hydrogen-bond donors (Lipinski definition) is 4. The third-order valence-corrected chi connectivity index (χ3v) is 6.15. The maximum absolute atomic E-state index is 13.1. The van der Waals surface area contributed by atoms with Crippen LogP contribution in [0.1, 0.15) is 49.7 Å². The van der Waals surface area contributed by atoms with E-state index in [-0.39, 0.29) is 24.8 Å². The molecule has 0 spiro atoms. The van der Waals surface area contributed by atoms with E-state index >= 15 is 0 Å². The number of aliphatic hydroxyl groups excluding tert-OH is 1. The Kier molecular flexibility index (Phi) is 5.86. The molecule has 1 aliphatic heterocycles. The van der Waals surface area contributed by atoms with Crippen LogP contribution in [0, 0.1) is 5.95 Å². The first-order chi connectivity index (χ1) is 16.4. The Hall–Kier alpha value is -3.60. The first-order valence-electron chi connectivity index (χ1n) is 11.5. The van der Waals surface area contributed by atoms with Crippen LogP contribution >= 0.6 is 0 Å². The Morgan fingerprint density at radius 2 is 2.09 bits per heavy atom. The van der Waals surface area contributed by atoms with Crippen molar-refractivity contribution in [3.63, 3.8) is 0 Å². The number of carbonyl (C=O) groups excluding carboxylic acids is 1. The number of halogens is 1. The lowest BCUT2D eigenvalue weighted by molar-refractivity contribution is -0.117. The molecular weight excluding hydrogens is 439 g/mol. The monoisotopic (exact) mass is 466 g/mol. The standard InChI is InChI=1S/C23H27FN8O2/c1-12(2)20-26-10-19(29-20)30-21-15-4-3-5-16(15)28-23(31-21)32-11-14(33)8-17(32)22(34)27-13-6-7-18(24)25-9-13/h6-7,9-10,12,14,17,33H,3-5,8,11H2,1-2H3,(H,26,29)(H,27,34)(H,28,30,31)/t14-,17+/m1/s1. The van der Waals surface area contributed by atoms with Crippen molar-refractivity contribution in [2.24, 2.45) is 0 Å². The van der Waals surface area contributed by atoms with Crippen molar-refractivity contribution in [2.75, 3.05) is 22.1 Å². The van der Waals surface area contributed by atoms with Crippen LogP contribution < -0.4 is 15.5 Å². The molecule has 0 saturated carbocycles. The van der Waals surface area contributed by atoms with E-state index in [4.69, 9.17) is 9.97 Å². The molecule has 0 bridgehead atoms. The molecule has 3 aromatic heterocycles. The van der Waals surface area contributed by atoms with Gasteiger partial charge in [-0.3, -0.25) is 4.79 Å². The van der Waals surface area contributed by atoms with E-state index in [1.54, 1.807) is 11.1 Å². The number of amides is 1. The van der Waals surface area contributed by atoms with Gasteiger partial charge in [0, 0.05) is 24.4 Å². The molecule has 2 aliphatic rings. The van der Waals surface area contributed by atoms with E-state index in [1.165, 1.54) is 18.3 Å². The van der Waals surface area contributed by atoms with Crippen molar-refractivity contribution >= 4 is 29.2 Å². The number of aromatic nitrogens is 5. The number of rotatable bonds is 6. The van der Waals surface area contributed by atoms with Crippen LogP contribution in [-0.4, -0.2) is 54.6 Å². The smallest absolute Gasteiger partial charge is 0.247 e. The van der Waals surface area contributed by atoms with E-state index < -0.39 is 18.1 Å². The molecule has 1 amide bonds. The van der Waals surface area contributed by atoms with Gasteiger partial charge in [0.2, 0.25) is 17.8 Å². The molecule has 3 aromatic rings. The number of aromatic amines is 1. The van der Waals surface area contributed by atoms with Gasteiger partial charge >= 0.3 is 0 Å². The summed E-state index contributed by atoms with van der Waals surface area (Å²) in [4.78, 5) is 35.5. The number of fused-ring (bicyclic) bond motifs is 1. The number of aryl methyl sites for hydroxylation is 1. The van der Waals surface area contributed by atoms with Gasteiger partial charge in [-0.25, -0.2) is 15.0 Å². The first kappa shape index (κ1) is 22.2. The summed E-state index contributed by atoms with van der Waals surface area (Å²) in [5.74, 6) is 1.99. The summed E-state index contributed by atoms with van der Waals surface area (Å²) in [5, 5.41) is 16.5. The van der Waals surface area contributed by atoms with Crippen LogP contribution in [-0.2, 0) is 17.6 Å². The number of nitrogens with one attached hydrogen (secondary N) is 3. The second-order valence-electron chi connectivity index (χ2n) is 9.03. The molecule has 4 N–H and O–H groups in total. The minimum Gasteiger partial charge on any atom is -0.391 e. The van der Waals surface area contributed by atoms with Crippen LogP contribution in [0.25, 0.3) is 0 Å². The second kappa shape index (κ2) is 8.98. The van der Waals surface area contributed by atoms with Gasteiger partial charge in [0.15, 0.2) is 0 Å². The summed E-state index contributed by atoms with van der Waals surface area (Å²) in [6.07, 6.45) is 5.21. The molecule has 178 valence electrons. The van der Waals surface area contributed by atoms with Crippen molar-refractivity contribution in [3.8, 4) is 0 Å². The second-order valence-corrected chi connectivity index (χ2v) is 9.03. The average Bonchev–Trinajstić information content (AvgIpc) is 3.54. The Labute approximate surface area is 196 Å². The number of imidazole rings is 1. The minimum absolute atomic E-state index is 0.236. The fourth-order valence-electron chi connectivity index (χ4n) is 4.43. The van der Waals surface area contributed by atoms with Gasteiger partial charge < -0.3 is 25.6 Å². The van der Waals surface area contributed by atoms with Gasteiger partial charge in [0.25, 0.3) is 0 Å². The zero-order chi connectivity index (χ0) is 23.8. The van der Waals surface area contributed by atoms with Gasteiger partial charge in [0.1, 0.15) is 23.5 Å². The van der Waals surface area contributed by atoms with Crippen LogP contribution in [0.4, 0.5) is 27.7 Å². The first-order valence-corrected chi connectivity index (χ1v) is 11.5. The molecule has 11 heteroatoms. The van der Waals surface area contributed by atoms with Crippen LogP contribution in [0.15, 0.2) is 24.5 Å². The SMILES string of the molecule is CC(C)c1ncc(Nc2nc(N3C[C@H](O)C[C@H]3C(=O)Nc3ccc(F)nc3)nc3c2CCC3)[nH]1. The number of H-pyrrole nitrogens is 1. The number of anilines is 4. The molecule has 0 unspecified atom stereocenters. The molecule has 0 aromatic carbocycles. The Bertz CT molecular complexity index is 1200.